The molecule has 2 rings (SSSR count). The quantitative estimate of drug-likeness (QED) is 0.820. The zero-order chi connectivity index (χ0) is 11.5. The van der Waals surface area contributed by atoms with E-state index in [4.69, 9.17) is 18.0 Å². The van der Waals surface area contributed by atoms with Crippen molar-refractivity contribution < 1.29 is 0 Å². The maximum absolute atomic E-state index is 5.53. The van der Waals surface area contributed by atoms with Crippen LogP contribution in [0.25, 0.3) is 0 Å². The summed E-state index contributed by atoms with van der Waals surface area (Å²) in [5.74, 6) is 0. The minimum atomic E-state index is 0.432. The van der Waals surface area contributed by atoms with Gasteiger partial charge in [0.15, 0.2) is 0 Å². The summed E-state index contributed by atoms with van der Waals surface area (Å²) in [6.45, 7) is 2.80. The highest BCUT2D eigenvalue weighted by atomic mass is 32.1. The number of hydrogen-bond donors (Lipinski definition) is 1. The Morgan fingerprint density at radius 2 is 2.06 bits per heavy atom. The second-order valence-electron chi connectivity index (χ2n) is 3.78. The molecule has 0 saturated heterocycles. The minimum Gasteiger partial charge on any atom is -0.389 e. The molecule has 16 heavy (non-hydrogen) atoms. The number of nitrogens with two attached hydrogens (primary N) is 1. The van der Waals surface area contributed by atoms with E-state index >= 15 is 0 Å². The Balaban J connectivity index is 2.14. The largest absolute Gasteiger partial charge is 0.389 e. The number of aryl methyl sites for hydroxylation is 1. The summed E-state index contributed by atoms with van der Waals surface area (Å²) in [5.41, 5.74) is 8.78. The second-order valence-corrected chi connectivity index (χ2v) is 4.22. The summed E-state index contributed by atoms with van der Waals surface area (Å²) in [4.78, 5) is 0.432. The number of benzene rings is 1. The molecule has 1 aromatic heterocycles. The molecule has 2 N–H and O–H groups in total. The van der Waals surface area contributed by atoms with Crippen LogP contribution in [0.2, 0.25) is 0 Å². The first kappa shape index (κ1) is 10.8. The smallest absolute Gasteiger partial charge is 0.103 e. The van der Waals surface area contributed by atoms with Crippen molar-refractivity contribution in [1.82, 2.24) is 9.78 Å². The summed E-state index contributed by atoms with van der Waals surface area (Å²) in [7, 11) is 0. The molecule has 0 spiro atoms. The molecule has 0 atom stereocenters. The van der Waals surface area contributed by atoms with E-state index in [9.17, 15) is 0 Å². The topological polar surface area (TPSA) is 43.8 Å². The molecule has 0 aliphatic rings. The lowest BCUT2D eigenvalue weighted by Gasteiger charge is -2.03. The lowest BCUT2D eigenvalue weighted by Crippen LogP contribution is -2.09. The Morgan fingerprint density at radius 3 is 2.56 bits per heavy atom. The summed E-state index contributed by atoms with van der Waals surface area (Å²) in [6, 6.07) is 7.92. The molecule has 1 aromatic carbocycles. The molecule has 0 aliphatic heterocycles. The van der Waals surface area contributed by atoms with E-state index in [1.807, 2.05) is 48.3 Å². The highest BCUT2D eigenvalue weighted by Gasteiger charge is 1.99. The van der Waals surface area contributed by atoms with Gasteiger partial charge in [0.2, 0.25) is 0 Å². The first-order chi connectivity index (χ1) is 7.65. The van der Waals surface area contributed by atoms with Gasteiger partial charge in [0.25, 0.3) is 0 Å². The fourth-order valence-corrected chi connectivity index (χ4v) is 1.65. The molecule has 3 nitrogen and oxygen atoms in total. The van der Waals surface area contributed by atoms with Gasteiger partial charge in [-0.15, -0.1) is 0 Å². The third kappa shape index (κ3) is 2.46. The normalized spacial score (nSPS) is 10.3. The van der Waals surface area contributed by atoms with Crippen LogP contribution in [0.15, 0.2) is 36.7 Å². The lowest BCUT2D eigenvalue weighted by atomic mass is 10.1. The van der Waals surface area contributed by atoms with E-state index in [1.165, 1.54) is 11.1 Å². The Hall–Kier alpha value is -1.68. The minimum absolute atomic E-state index is 0.432. The van der Waals surface area contributed by atoms with Crippen LogP contribution in [0, 0.1) is 6.92 Å². The van der Waals surface area contributed by atoms with Gasteiger partial charge >= 0.3 is 0 Å². The SMILES string of the molecule is Cc1cnn(Cc2ccc(C(N)=S)cc2)c1. The maximum atomic E-state index is 5.53. The van der Waals surface area contributed by atoms with Crippen molar-refractivity contribution in [3.05, 3.63) is 53.3 Å². The summed E-state index contributed by atoms with van der Waals surface area (Å²) in [5, 5.41) is 4.23. The molecule has 1 heterocycles. The van der Waals surface area contributed by atoms with Crippen molar-refractivity contribution in [1.29, 1.82) is 0 Å². The fourth-order valence-electron chi connectivity index (χ4n) is 1.51. The third-order valence-electron chi connectivity index (χ3n) is 2.35. The monoisotopic (exact) mass is 231 g/mol. The predicted molar refractivity (Wildman–Crippen MR) is 68.4 cm³/mol. The number of hydrogen-bond acceptors (Lipinski definition) is 2. The first-order valence-electron chi connectivity index (χ1n) is 5.03. The molecule has 0 amide bonds. The molecule has 0 bridgehead atoms. The highest BCUT2D eigenvalue weighted by molar-refractivity contribution is 7.80. The Labute approximate surface area is 99.9 Å². The molecular weight excluding hydrogens is 218 g/mol. The molecule has 2 aromatic rings. The predicted octanol–water partition coefficient (Wildman–Crippen LogP) is 1.87. The van der Waals surface area contributed by atoms with Gasteiger partial charge in [-0.3, -0.25) is 4.68 Å². The van der Waals surface area contributed by atoms with Crippen molar-refractivity contribution in [2.24, 2.45) is 5.73 Å². The average molecular weight is 231 g/mol. The van der Waals surface area contributed by atoms with Crippen LogP contribution in [0.1, 0.15) is 16.7 Å². The third-order valence-corrected chi connectivity index (χ3v) is 2.58. The van der Waals surface area contributed by atoms with E-state index in [0.717, 1.165) is 12.1 Å². The van der Waals surface area contributed by atoms with Crippen LogP contribution in [-0.4, -0.2) is 14.8 Å². The van der Waals surface area contributed by atoms with Crippen LogP contribution in [-0.2, 0) is 6.54 Å². The molecule has 82 valence electrons. The molecule has 0 unspecified atom stereocenters. The molecule has 0 radical (unpaired) electrons. The van der Waals surface area contributed by atoms with Gasteiger partial charge in [-0.05, 0) is 18.1 Å². The average Bonchev–Trinajstić information content (AvgIpc) is 2.65. The van der Waals surface area contributed by atoms with E-state index in [-0.39, 0.29) is 0 Å². The highest BCUT2D eigenvalue weighted by Crippen LogP contribution is 2.06. The zero-order valence-corrected chi connectivity index (χ0v) is 9.87. The van der Waals surface area contributed by atoms with Crippen LogP contribution in [0.3, 0.4) is 0 Å². The number of nitrogens with zero attached hydrogens (tertiary/aromatic N) is 2. The van der Waals surface area contributed by atoms with E-state index < -0.39 is 0 Å². The van der Waals surface area contributed by atoms with Gasteiger partial charge in [0, 0.05) is 11.8 Å². The first-order valence-corrected chi connectivity index (χ1v) is 5.44. The Bertz CT molecular complexity index is 499. The van der Waals surface area contributed by atoms with Crippen LogP contribution in [0.4, 0.5) is 0 Å². The van der Waals surface area contributed by atoms with Crippen molar-refractivity contribution in [3.8, 4) is 0 Å². The van der Waals surface area contributed by atoms with Gasteiger partial charge in [-0.2, -0.15) is 5.10 Å². The number of aromatic nitrogens is 2. The van der Waals surface area contributed by atoms with Gasteiger partial charge in [-0.1, -0.05) is 36.5 Å². The zero-order valence-electron chi connectivity index (χ0n) is 9.05. The Kier molecular flexibility index (Phi) is 3.01. The summed E-state index contributed by atoms with van der Waals surface area (Å²) in [6.07, 6.45) is 3.87. The molecule has 4 heteroatoms. The van der Waals surface area contributed by atoms with Gasteiger partial charge < -0.3 is 5.73 Å². The van der Waals surface area contributed by atoms with Crippen molar-refractivity contribution in [3.63, 3.8) is 0 Å². The summed E-state index contributed by atoms with van der Waals surface area (Å²) < 4.78 is 1.91. The molecular formula is C12H13N3S. The van der Waals surface area contributed by atoms with E-state index in [0.29, 0.717) is 4.99 Å². The van der Waals surface area contributed by atoms with E-state index in [1.54, 1.807) is 0 Å². The van der Waals surface area contributed by atoms with Crippen LogP contribution >= 0.6 is 12.2 Å². The molecule has 0 aliphatic carbocycles. The molecule has 0 saturated carbocycles. The number of rotatable bonds is 3. The fraction of sp³-hybridized carbons (Fsp3) is 0.167. The van der Waals surface area contributed by atoms with Gasteiger partial charge in [-0.25, -0.2) is 0 Å². The maximum Gasteiger partial charge on any atom is 0.103 e. The summed E-state index contributed by atoms with van der Waals surface area (Å²) >= 11 is 4.90. The van der Waals surface area contributed by atoms with Gasteiger partial charge in [0.1, 0.15) is 4.99 Å². The standard InChI is InChI=1S/C12H13N3S/c1-9-6-14-15(7-9)8-10-2-4-11(5-3-10)12(13)16/h2-7H,8H2,1H3,(H2,13,16). The lowest BCUT2D eigenvalue weighted by molar-refractivity contribution is 0.686. The Morgan fingerprint density at radius 1 is 1.38 bits per heavy atom. The number of thiocarbonyl (C=S) groups is 1. The van der Waals surface area contributed by atoms with Crippen molar-refractivity contribution in [2.75, 3.05) is 0 Å². The van der Waals surface area contributed by atoms with Crippen molar-refractivity contribution >= 4 is 17.2 Å². The van der Waals surface area contributed by atoms with Crippen LogP contribution < -0.4 is 5.73 Å². The molecule has 0 fully saturated rings. The van der Waals surface area contributed by atoms with Gasteiger partial charge in [0.05, 0.1) is 12.7 Å². The second kappa shape index (κ2) is 4.45. The van der Waals surface area contributed by atoms with Crippen molar-refractivity contribution in [2.45, 2.75) is 13.5 Å². The van der Waals surface area contributed by atoms with E-state index in [2.05, 4.69) is 5.10 Å². The van der Waals surface area contributed by atoms with Crippen LogP contribution in [0.5, 0.6) is 0 Å².